The lowest BCUT2D eigenvalue weighted by atomic mass is 10.1. The number of halogens is 1. The molecular formula is C28H24FNO4S. The predicted octanol–water partition coefficient (Wildman–Crippen LogP) is 3.92. The molecule has 35 heavy (non-hydrogen) atoms. The SMILES string of the molecule is COc1cc(OC)cc(C(=O)C=c2sc(=Cc3ccc(C)cc3)c(=O)n2Cc2cccc(F)c2)c1. The summed E-state index contributed by atoms with van der Waals surface area (Å²) in [5, 5.41) is 0. The fourth-order valence-corrected chi connectivity index (χ4v) is 4.61. The van der Waals surface area contributed by atoms with E-state index in [1.165, 1.54) is 48.3 Å². The first-order chi connectivity index (χ1) is 16.9. The van der Waals surface area contributed by atoms with Crippen LogP contribution in [0.5, 0.6) is 11.5 Å². The summed E-state index contributed by atoms with van der Waals surface area (Å²) < 4.78 is 26.8. The van der Waals surface area contributed by atoms with Crippen molar-refractivity contribution in [2.45, 2.75) is 13.5 Å². The van der Waals surface area contributed by atoms with Gasteiger partial charge in [-0.05, 0) is 48.4 Å². The second-order valence-electron chi connectivity index (χ2n) is 7.99. The monoisotopic (exact) mass is 489 g/mol. The van der Waals surface area contributed by atoms with Crippen LogP contribution in [0, 0.1) is 12.7 Å². The molecule has 5 nitrogen and oxygen atoms in total. The van der Waals surface area contributed by atoms with Gasteiger partial charge in [0, 0.05) is 17.7 Å². The third kappa shape index (κ3) is 5.75. The number of aryl methyl sites for hydroxylation is 1. The van der Waals surface area contributed by atoms with Gasteiger partial charge in [-0.3, -0.25) is 14.2 Å². The largest absolute Gasteiger partial charge is 0.497 e. The highest BCUT2D eigenvalue weighted by Gasteiger charge is 2.12. The summed E-state index contributed by atoms with van der Waals surface area (Å²) >= 11 is 1.21. The maximum atomic E-state index is 13.8. The Bertz CT molecular complexity index is 1530. The molecule has 0 aliphatic rings. The Hall–Kier alpha value is -3.97. The summed E-state index contributed by atoms with van der Waals surface area (Å²) in [5.41, 5.74) is 2.73. The number of ketones is 1. The number of Topliss-reactive ketones (excluding diaryl/α,β-unsaturated/α-hetero) is 1. The summed E-state index contributed by atoms with van der Waals surface area (Å²) in [6.45, 7) is 2.13. The van der Waals surface area contributed by atoms with Crippen molar-refractivity contribution in [3.8, 4) is 11.5 Å². The van der Waals surface area contributed by atoms with E-state index in [0.29, 0.717) is 31.8 Å². The van der Waals surface area contributed by atoms with Crippen LogP contribution in [0.25, 0.3) is 12.2 Å². The number of hydrogen-bond donors (Lipinski definition) is 0. The maximum absolute atomic E-state index is 13.8. The molecule has 0 aliphatic heterocycles. The topological polar surface area (TPSA) is 57.5 Å². The second-order valence-corrected chi connectivity index (χ2v) is 9.05. The number of ether oxygens (including phenoxy) is 2. The van der Waals surface area contributed by atoms with E-state index in [2.05, 4.69) is 0 Å². The average molecular weight is 490 g/mol. The van der Waals surface area contributed by atoms with Gasteiger partial charge in [-0.15, -0.1) is 11.3 Å². The maximum Gasteiger partial charge on any atom is 0.269 e. The molecule has 0 spiro atoms. The number of thiazole rings is 1. The summed E-state index contributed by atoms with van der Waals surface area (Å²) in [4.78, 5) is 26.5. The molecule has 1 aromatic heterocycles. The standard InChI is InChI=1S/C28H24FNO4S/c1-18-7-9-19(10-8-18)12-26-28(32)30(17-20-5-4-6-22(29)11-20)27(35-26)16-25(31)21-13-23(33-2)15-24(14-21)34-3/h4-16H,17H2,1-3H3. The lowest BCUT2D eigenvalue weighted by Gasteiger charge is -2.06. The highest BCUT2D eigenvalue weighted by molar-refractivity contribution is 7.07. The van der Waals surface area contributed by atoms with Crippen LogP contribution < -0.4 is 24.2 Å². The zero-order chi connectivity index (χ0) is 24.9. The first kappa shape index (κ1) is 24.2. The number of nitrogens with zero attached hydrogens (tertiary/aromatic N) is 1. The van der Waals surface area contributed by atoms with E-state index in [-0.39, 0.29) is 23.7 Å². The molecule has 0 amide bonds. The van der Waals surface area contributed by atoms with Gasteiger partial charge in [0.1, 0.15) is 22.0 Å². The molecule has 4 aromatic rings. The molecule has 3 aromatic carbocycles. The molecule has 0 aliphatic carbocycles. The van der Waals surface area contributed by atoms with Crippen molar-refractivity contribution in [1.82, 2.24) is 4.57 Å². The Balaban J connectivity index is 1.86. The van der Waals surface area contributed by atoms with Crippen molar-refractivity contribution in [3.63, 3.8) is 0 Å². The molecule has 0 unspecified atom stereocenters. The van der Waals surface area contributed by atoms with Gasteiger partial charge in [-0.1, -0.05) is 42.0 Å². The zero-order valence-corrected chi connectivity index (χ0v) is 20.4. The van der Waals surface area contributed by atoms with Crippen molar-refractivity contribution in [2.75, 3.05) is 14.2 Å². The van der Waals surface area contributed by atoms with Gasteiger partial charge in [0.2, 0.25) is 0 Å². The normalized spacial score (nSPS) is 12.1. The number of aromatic nitrogens is 1. The van der Waals surface area contributed by atoms with Gasteiger partial charge in [0.15, 0.2) is 5.78 Å². The first-order valence-corrected chi connectivity index (χ1v) is 11.7. The van der Waals surface area contributed by atoms with Crippen LogP contribution in [0.4, 0.5) is 4.39 Å². The first-order valence-electron chi connectivity index (χ1n) is 10.9. The van der Waals surface area contributed by atoms with E-state index in [1.807, 2.05) is 31.2 Å². The Morgan fingerprint density at radius 2 is 1.69 bits per heavy atom. The smallest absolute Gasteiger partial charge is 0.269 e. The molecule has 0 radical (unpaired) electrons. The van der Waals surface area contributed by atoms with E-state index >= 15 is 0 Å². The summed E-state index contributed by atoms with van der Waals surface area (Å²) in [5.74, 6) is 0.274. The quantitative estimate of drug-likeness (QED) is 0.370. The van der Waals surface area contributed by atoms with E-state index < -0.39 is 0 Å². The van der Waals surface area contributed by atoms with Crippen LogP contribution in [0.15, 0.2) is 71.5 Å². The van der Waals surface area contributed by atoms with Crippen molar-refractivity contribution >= 4 is 29.3 Å². The Labute approximate surface area is 206 Å². The molecule has 0 fully saturated rings. The van der Waals surface area contributed by atoms with Crippen molar-refractivity contribution < 1.29 is 18.7 Å². The molecular weight excluding hydrogens is 465 g/mol. The number of carbonyl (C=O) groups excluding carboxylic acids is 1. The minimum absolute atomic E-state index is 0.134. The Kier molecular flexibility index (Phi) is 7.27. The van der Waals surface area contributed by atoms with E-state index in [0.717, 1.165) is 11.1 Å². The molecule has 0 atom stereocenters. The zero-order valence-electron chi connectivity index (χ0n) is 19.6. The minimum Gasteiger partial charge on any atom is -0.497 e. The van der Waals surface area contributed by atoms with Crippen LogP contribution in [-0.2, 0) is 6.54 Å². The second kappa shape index (κ2) is 10.5. The molecule has 0 bridgehead atoms. The predicted molar refractivity (Wildman–Crippen MR) is 136 cm³/mol. The van der Waals surface area contributed by atoms with Crippen LogP contribution in [0.2, 0.25) is 0 Å². The number of methoxy groups -OCH3 is 2. The molecule has 0 N–H and O–H groups in total. The van der Waals surface area contributed by atoms with Crippen molar-refractivity contribution in [3.05, 3.63) is 114 Å². The van der Waals surface area contributed by atoms with Gasteiger partial charge in [0.25, 0.3) is 5.56 Å². The van der Waals surface area contributed by atoms with Crippen LogP contribution in [0.3, 0.4) is 0 Å². The highest BCUT2D eigenvalue weighted by Crippen LogP contribution is 2.23. The third-order valence-electron chi connectivity index (χ3n) is 5.43. The summed E-state index contributed by atoms with van der Waals surface area (Å²) in [6, 6.07) is 18.8. The molecule has 4 rings (SSSR count). The number of benzene rings is 3. The summed E-state index contributed by atoms with van der Waals surface area (Å²) in [6.07, 6.45) is 3.22. The van der Waals surface area contributed by atoms with Crippen LogP contribution >= 0.6 is 11.3 Å². The van der Waals surface area contributed by atoms with Crippen LogP contribution in [-0.4, -0.2) is 24.6 Å². The van der Waals surface area contributed by atoms with Gasteiger partial charge in [0.05, 0.1) is 25.3 Å². The fraction of sp³-hybridized carbons (Fsp3) is 0.143. The lowest BCUT2D eigenvalue weighted by Crippen LogP contribution is -2.32. The molecule has 178 valence electrons. The van der Waals surface area contributed by atoms with Crippen LogP contribution in [0.1, 0.15) is 27.0 Å². The minimum atomic E-state index is -0.387. The van der Waals surface area contributed by atoms with Gasteiger partial charge < -0.3 is 9.47 Å². The third-order valence-corrected chi connectivity index (χ3v) is 6.49. The fourth-order valence-electron chi connectivity index (χ4n) is 3.57. The molecule has 0 saturated heterocycles. The number of rotatable bonds is 7. The molecule has 0 saturated carbocycles. The lowest BCUT2D eigenvalue weighted by molar-refractivity contribution is 0.106. The number of carbonyl (C=O) groups is 1. The van der Waals surface area contributed by atoms with E-state index in [9.17, 15) is 14.0 Å². The Morgan fingerprint density at radius 1 is 1.00 bits per heavy atom. The van der Waals surface area contributed by atoms with E-state index in [1.54, 1.807) is 36.4 Å². The molecule has 1 heterocycles. The van der Waals surface area contributed by atoms with Gasteiger partial charge in [-0.2, -0.15) is 0 Å². The van der Waals surface area contributed by atoms with Crippen molar-refractivity contribution in [1.29, 1.82) is 0 Å². The average Bonchev–Trinajstić information content (AvgIpc) is 3.13. The number of hydrogen-bond acceptors (Lipinski definition) is 5. The highest BCUT2D eigenvalue weighted by atomic mass is 32.1. The van der Waals surface area contributed by atoms with Gasteiger partial charge >= 0.3 is 0 Å². The van der Waals surface area contributed by atoms with Crippen molar-refractivity contribution in [2.24, 2.45) is 0 Å². The van der Waals surface area contributed by atoms with Gasteiger partial charge in [-0.25, -0.2) is 4.39 Å². The summed E-state index contributed by atoms with van der Waals surface area (Å²) in [7, 11) is 3.02. The molecule has 7 heteroatoms. The Morgan fingerprint density at radius 3 is 2.31 bits per heavy atom. The van der Waals surface area contributed by atoms with E-state index in [4.69, 9.17) is 9.47 Å².